The fourth-order valence-corrected chi connectivity index (χ4v) is 2.57. The second-order valence-electron chi connectivity index (χ2n) is 5.85. The van der Waals surface area contributed by atoms with Gasteiger partial charge in [-0.1, -0.05) is 24.3 Å². The molecule has 0 fully saturated rings. The van der Waals surface area contributed by atoms with Crippen LogP contribution < -0.4 is 15.4 Å². The molecule has 29 heavy (non-hydrogen) atoms. The summed E-state index contributed by atoms with van der Waals surface area (Å²) in [5.41, 5.74) is 1.44. The molecule has 0 bridgehead atoms. The Labute approximate surface area is 167 Å². The van der Waals surface area contributed by atoms with Crippen LogP contribution in [0.1, 0.15) is 27.8 Å². The van der Waals surface area contributed by atoms with Crippen molar-refractivity contribution in [1.82, 2.24) is 10.2 Å². The van der Waals surface area contributed by atoms with E-state index >= 15 is 0 Å². The topological polar surface area (TPSA) is 102 Å². The van der Waals surface area contributed by atoms with Crippen molar-refractivity contribution in [2.24, 2.45) is 0 Å². The molecule has 2 aromatic carbocycles. The molecule has 2 N–H and O–H groups in total. The predicted octanol–water partition coefficient (Wildman–Crippen LogP) is 3.66. The summed E-state index contributed by atoms with van der Waals surface area (Å²) in [7, 11) is 1.58. The van der Waals surface area contributed by atoms with E-state index in [9.17, 15) is 9.59 Å². The Morgan fingerprint density at radius 3 is 2.34 bits per heavy atom. The van der Waals surface area contributed by atoms with Gasteiger partial charge in [0.25, 0.3) is 5.91 Å². The Bertz CT molecular complexity index is 1010. The van der Waals surface area contributed by atoms with Crippen LogP contribution in [0, 0.1) is 0 Å². The van der Waals surface area contributed by atoms with Gasteiger partial charge in [0.05, 0.1) is 30.7 Å². The number of esters is 1. The van der Waals surface area contributed by atoms with Crippen molar-refractivity contribution >= 4 is 29.1 Å². The fraction of sp³-hybridized carbons (Fsp3) is 0.143. The number of ether oxygens (including phenoxy) is 2. The van der Waals surface area contributed by atoms with E-state index in [2.05, 4.69) is 20.8 Å². The molecule has 1 aromatic heterocycles. The average Bonchev–Trinajstić information content (AvgIpc) is 2.75. The first kappa shape index (κ1) is 19.8. The first-order chi connectivity index (χ1) is 14.1. The van der Waals surface area contributed by atoms with E-state index in [0.29, 0.717) is 17.3 Å². The van der Waals surface area contributed by atoms with Gasteiger partial charge in [0.2, 0.25) is 0 Å². The molecule has 0 saturated carbocycles. The van der Waals surface area contributed by atoms with E-state index in [-0.39, 0.29) is 17.9 Å². The fourth-order valence-electron chi connectivity index (χ4n) is 2.57. The SMILES string of the molecule is CCOC(=O)c1ccccc1NC(=O)c1ccc(Nc2ccccc2OC)nn1. The summed E-state index contributed by atoms with van der Waals surface area (Å²) in [5, 5.41) is 13.7. The van der Waals surface area contributed by atoms with E-state index < -0.39 is 11.9 Å². The van der Waals surface area contributed by atoms with Gasteiger partial charge in [0.1, 0.15) is 5.75 Å². The number of rotatable bonds is 7. The quantitative estimate of drug-likeness (QED) is 0.592. The van der Waals surface area contributed by atoms with Gasteiger partial charge in [-0.05, 0) is 43.3 Å². The summed E-state index contributed by atoms with van der Waals surface area (Å²) >= 11 is 0. The van der Waals surface area contributed by atoms with Crippen LogP contribution in [-0.4, -0.2) is 35.8 Å². The summed E-state index contributed by atoms with van der Waals surface area (Å²) in [6.45, 7) is 1.96. The number of methoxy groups -OCH3 is 1. The number of hydrogen-bond acceptors (Lipinski definition) is 7. The lowest BCUT2D eigenvalue weighted by Crippen LogP contribution is -2.17. The molecular weight excluding hydrogens is 372 g/mol. The molecule has 0 spiro atoms. The Morgan fingerprint density at radius 2 is 1.66 bits per heavy atom. The smallest absolute Gasteiger partial charge is 0.340 e. The largest absolute Gasteiger partial charge is 0.495 e. The molecule has 0 aliphatic carbocycles. The van der Waals surface area contributed by atoms with E-state index in [0.717, 1.165) is 5.69 Å². The van der Waals surface area contributed by atoms with Crippen LogP contribution in [0.4, 0.5) is 17.2 Å². The van der Waals surface area contributed by atoms with Crippen LogP contribution in [0.2, 0.25) is 0 Å². The molecular formula is C21H20N4O4. The molecule has 0 atom stereocenters. The van der Waals surface area contributed by atoms with E-state index in [4.69, 9.17) is 9.47 Å². The lowest BCUT2D eigenvalue weighted by Gasteiger charge is -2.11. The summed E-state index contributed by atoms with van der Waals surface area (Å²) in [6.07, 6.45) is 0. The van der Waals surface area contributed by atoms with Crippen LogP contribution in [0.5, 0.6) is 5.75 Å². The standard InChI is InChI=1S/C21H20N4O4/c1-3-29-21(27)14-8-4-5-9-15(14)23-20(26)17-12-13-19(25-24-17)22-16-10-6-7-11-18(16)28-2/h4-13H,3H2,1-2H3,(H,22,25)(H,23,26). The number of nitrogens with zero attached hydrogens (tertiary/aromatic N) is 2. The maximum Gasteiger partial charge on any atom is 0.340 e. The number of hydrogen-bond donors (Lipinski definition) is 2. The van der Waals surface area contributed by atoms with Gasteiger partial charge < -0.3 is 20.1 Å². The highest BCUT2D eigenvalue weighted by atomic mass is 16.5. The molecule has 1 amide bonds. The van der Waals surface area contributed by atoms with Crippen LogP contribution in [0.25, 0.3) is 0 Å². The van der Waals surface area contributed by atoms with Crippen molar-refractivity contribution in [3.05, 3.63) is 71.9 Å². The maximum absolute atomic E-state index is 12.5. The van der Waals surface area contributed by atoms with Gasteiger partial charge in [-0.3, -0.25) is 4.79 Å². The lowest BCUT2D eigenvalue weighted by molar-refractivity contribution is 0.0527. The van der Waals surface area contributed by atoms with Crippen molar-refractivity contribution in [2.75, 3.05) is 24.4 Å². The van der Waals surface area contributed by atoms with Crippen molar-refractivity contribution < 1.29 is 19.1 Å². The molecule has 3 rings (SSSR count). The Hall–Kier alpha value is -3.94. The minimum Gasteiger partial charge on any atom is -0.495 e. The van der Waals surface area contributed by atoms with Crippen LogP contribution in [0.15, 0.2) is 60.7 Å². The maximum atomic E-state index is 12.5. The minimum absolute atomic E-state index is 0.106. The second-order valence-corrected chi connectivity index (χ2v) is 5.85. The van der Waals surface area contributed by atoms with Gasteiger partial charge in [0, 0.05) is 0 Å². The van der Waals surface area contributed by atoms with Crippen LogP contribution >= 0.6 is 0 Å². The van der Waals surface area contributed by atoms with Gasteiger partial charge in [-0.15, -0.1) is 10.2 Å². The highest BCUT2D eigenvalue weighted by Crippen LogP contribution is 2.26. The average molecular weight is 392 g/mol. The van der Waals surface area contributed by atoms with Crippen LogP contribution in [-0.2, 0) is 4.74 Å². The first-order valence-corrected chi connectivity index (χ1v) is 8.93. The zero-order valence-electron chi connectivity index (χ0n) is 16.0. The number of amides is 1. The molecule has 148 valence electrons. The predicted molar refractivity (Wildman–Crippen MR) is 109 cm³/mol. The van der Waals surface area contributed by atoms with Gasteiger partial charge in [-0.25, -0.2) is 4.79 Å². The van der Waals surface area contributed by atoms with Crippen LogP contribution in [0.3, 0.4) is 0 Å². The molecule has 0 aliphatic rings. The summed E-state index contributed by atoms with van der Waals surface area (Å²) in [4.78, 5) is 24.5. The highest BCUT2D eigenvalue weighted by molar-refractivity contribution is 6.07. The minimum atomic E-state index is -0.508. The third kappa shape index (κ3) is 4.86. The number of carbonyl (C=O) groups is 2. The third-order valence-electron chi connectivity index (χ3n) is 3.94. The summed E-state index contributed by atoms with van der Waals surface area (Å²) in [5.74, 6) is 0.119. The number of anilines is 3. The second kappa shape index (κ2) is 9.32. The summed E-state index contributed by atoms with van der Waals surface area (Å²) in [6, 6.07) is 17.2. The zero-order chi connectivity index (χ0) is 20.6. The number of para-hydroxylation sites is 3. The molecule has 0 saturated heterocycles. The third-order valence-corrected chi connectivity index (χ3v) is 3.94. The number of carbonyl (C=O) groups excluding carboxylic acids is 2. The van der Waals surface area contributed by atoms with E-state index in [1.807, 2.05) is 24.3 Å². The molecule has 8 nitrogen and oxygen atoms in total. The Kier molecular flexibility index (Phi) is 6.36. The van der Waals surface area contributed by atoms with Crippen molar-refractivity contribution in [3.8, 4) is 5.75 Å². The van der Waals surface area contributed by atoms with Gasteiger partial charge in [-0.2, -0.15) is 0 Å². The zero-order valence-corrected chi connectivity index (χ0v) is 16.0. The monoisotopic (exact) mass is 392 g/mol. The molecule has 8 heteroatoms. The Balaban J connectivity index is 1.72. The summed E-state index contributed by atoms with van der Waals surface area (Å²) < 4.78 is 10.3. The first-order valence-electron chi connectivity index (χ1n) is 8.93. The molecule has 0 unspecified atom stereocenters. The molecule has 0 aliphatic heterocycles. The number of benzene rings is 2. The lowest BCUT2D eigenvalue weighted by atomic mass is 10.1. The highest BCUT2D eigenvalue weighted by Gasteiger charge is 2.16. The molecule has 3 aromatic rings. The normalized spacial score (nSPS) is 10.1. The molecule has 0 radical (unpaired) electrons. The van der Waals surface area contributed by atoms with Gasteiger partial charge >= 0.3 is 5.97 Å². The number of nitrogens with one attached hydrogen (secondary N) is 2. The van der Waals surface area contributed by atoms with Gasteiger partial charge in [0.15, 0.2) is 11.5 Å². The van der Waals surface area contributed by atoms with Crippen molar-refractivity contribution in [2.45, 2.75) is 6.92 Å². The Morgan fingerprint density at radius 1 is 0.931 bits per heavy atom. The molecule has 1 heterocycles. The number of aromatic nitrogens is 2. The van der Waals surface area contributed by atoms with E-state index in [1.165, 1.54) is 6.07 Å². The van der Waals surface area contributed by atoms with E-state index in [1.54, 1.807) is 44.4 Å². The van der Waals surface area contributed by atoms with Crippen molar-refractivity contribution in [3.63, 3.8) is 0 Å². The van der Waals surface area contributed by atoms with Crippen molar-refractivity contribution in [1.29, 1.82) is 0 Å².